The molecule has 2 aliphatic carbocycles. The van der Waals surface area contributed by atoms with Gasteiger partial charge in [-0.1, -0.05) is 158 Å². The molecule has 0 N–H and O–H groups in total. The molecule has 3 aliphatic rings. The molecule has 0 aromatic heterocycles. The highest BCUT2D eigenvalue weighted by Crippen LogP contribution is 2.61. The molecule has 1 heterocycles. The van der Waals surface area contributed by atoms with Crippen LogP contribution in [0.3, 0.4) is 0 Å². The predicted molar refractivity (Wildman–Crippen MR) is 218 cm³/mol. The Balaban J connectivity index is 1.26. The fourth-order valence-corrected chi connectivity index (χ4v) is 9.47. The monoisotopic (exact) mass is 682 g/mol. The van der Waals surface area contributed by atoms with E-state index >= 15 is 0 Å². The number of hydrogen-bond donors (Lipinski definition) is 0. The molecule has 11 rings (SSSR count). The van der Waals surface area contributed by atoms with Crippen molar-refractivity contribution in [3.63, 3.8) is 0 Å². The Labute approximate surface area is 319 Å². The van der Waals surface area contributed by atoms with Gasteiger partial charge in [-0.25, -0.2) is 0 Å². The van der Waals surface area contributed by atoms with Gasteiger partial charge in [0.25, 0.3) is 0 Å². The van der Waals surface area contributed by atoms with Gasteiger partial charge in [0.15, 0.2) is 0 Å². The third-order valence-electron chi connectivity index (χ3n) is 11.6. The van der Waals surface area contributed by atoms with Crippen LogP contribution in [-0.4, -0.2) is 0 Å². The summed E-state index contributed by atoms with van der Waals surface area (Å²) in [6.07, 6.45) is 0.724. The van der Waals surface area contributed by atoms with Crippen LogP contribution in [0.15, 0.2) is 170 Å². The summed E-state index contributed by atoms with van der Waals surface area (Å²) < 4.78 is 59.1. The lowest BCUT2D eigenvalue weighted by atomic mass is 9.58. The number of rotatable bonds is 1. The van der Waals surface area contributed by atoms with E-state index in [1.165, 1.54) is 0 Å². The summed E-state index contributed by atoms with van der Waals surface area (Å²) in [6.45, 7) is -4.91. The molecular formula is C52H36O. The fraction of sp³-hybridized carbons (Fsp3) is 0.0769. The molecule has 0 bridgehead atoms. The Bertz CT molecular complexity index is 2990. The van der Waals surface area contributed by atoms with Gasteiger partial charge in [-0.3, -0.25) is 0 Å². The Morgan fingerprint density at radius 2 is 0.981 bits per heavy atom. The van der Waals surface area contributed by atoms with Crippen molar-refractivity contribution in [2.45, 2.75) is 25.5 Å². The van der Waals surface area contributed by atoms with Crippen molar-refractivity contribution in [1.82, 2.24) is 0 Å². The molecule has 0 saturated carbocycles. The van der Waals surface area contributed by atoms with Gasteiger partial charge in [-0.2, -0.15) is 0 Å². The molecule has 0 atom stereocenters. The van der Waals surface area contributed by atoms with E-state index in [-0.39, 0.29) is 11.1 Å². The van der Waals surface area contributed by atoms with Gasteiger partial charge in [0.1, 0.15) is 11.5 Å². The van der Waals surface area contributed by atoms with E-state index in [0.29, 0.717) is 22.6 Å². The van der Waals surface area contributed by atoms with E-state index in [9.17, 15) is 0 Å². The lowest BCUT2D eigenvalue weighted by Crippen LogP contribution is -2.38. The fourth-order valence-electron chi connectivity index (χ4n) is 9.47. The second kappa shape index (κ2) is 11.3. The van der Waals surface area contributed by atoms with Crippen molar-refractivity contribution in [1.29, 1.82) is 0 Å². The van der Waals surface area contributed by atoms with E-state index in [1.54, 1.807) is 18.2 Å². The van der Waals surface area contributed by atoms with Crippen molar-refractivity contribution in [3.05, 3.63) is 214 Å². The van der Waals surface area contributed by atoms with E-state index < -0.39 is 19.1 Å². The molecule has 0 amide bonds. The lowest BCUT2D eigenvalue weighted by Gasteiger charge is -2.46. The summed E-state index contributed by atoms with van der Waals surface area (Å²) >= 11 is 0. The first kappa shape index (κ1) is 24.7. The van der Waals surface area contributed by atoms with Crippen LogP contribution in [-0.2, 0) is 11.8 Å². The molecule has 53 heavy (non-hydrogen) atoms. The van der Waals surface area contributed by atoms with Crippen molar-refractivity contribution >= 4 is 0 Å². The molecule has 1 aliphatic heterocycles. The first-order chi connectivity index (χ1) is 28.5. The molecule has 8 aromatic rings. The van der Waals surface area contributed by atoms with E-state index in [4.69, 9.17) is 13.0 Å². The SMILES string of the molecule is [2H]C([2H])([2H])c1ccc2c(c1)Oc1c(ccc(C([2H])([2H])[2H])c1-c1ccc3c(c1)-c1ccccc1-c1ccccc1-c1ccccc1-3)C21c2ccccc2Cc2ccccc21. The van der Waals surface area contributed by atoms with Crippen molar-refractivity contribution in [3.8, 4) is 67.1 Å². The molecule has 0 saturated heterocycles. The minimum atomic E-state index is -2.52. The Morgan fingerprint density at radius 1 is 0.453 bits per heavy atom. The quantitative estimate of drug-likeness (QED) is 0.167. The minimum Gasteiger partial charge on any atom is -0.456 e. The second-order valence-corrected chi connectivity index (χ2v) is 14.3. The summed E-state index contributed by atoms with van der Waals surface area (Å²) in [5.74, 6) is 0.800. The van der Waals surface area contributed by atoms with Gasteiger partial charge in [-0.15, -0.1) is 0 Å². The van der Waals surface area contributed by atoms with Crippen LogP contribution in [0, 0.1) is 13.7 Å². The van der Waals surface area contributed by atoms with Gasteiger partial charge in [0.05, 0.1) is 5.41 Å². The summed E-state index contributed by atoms with van der Waals surface area (Å²) in [6, 6.07) is 57.3. The molecule has 0 unspecified atom stereocenters. The molecule has 1 heteroatoms. The topological polar surface area (TPSA) is 9.23 Å². The lowest BCUT2D eigenvalue weighted by molar-refractivity contribution is 0.433. The van der Waals surface area contributed by atoms with E-state index in [0.717, 1.165) is 84.3 Å². The van der Waals surface area contributed by atoms with Crippen molar-refractivity contribution in [2.75, 3.05) is 0 Å². The van der Waals surface area contributed by atoms with Gasteiger partial charge in [0.2, 0.25) is 0 Å². The van der Waals surface area contributed by atoms with Crippen LogP contribution < -0.4 is 4.74 Å². The second-order valence-electron chi connectivity index (χ2n) is 14.3. The van der Waals surface area contributed by atoms with Crippen LogP contribution in [0.1, 0.15) is 52.7 Å². The summed E-state index contributed by atoms with van der Waals surface area (Å²) in [5.41, 5.74) is 15.1. The first-order valence-electron chi connectivity index (χ1n) is 21.1. The zero-order valence-electron chi connectivity index (χ0n) is 34.8. The normalized spacial score (nSPS) is 15.8. The number of hydrogen-bond acceptors (Lipinski definition) is 1. The Morgan fingerprint density at radius 3 is 1.57 bits per heavy atom. The third-order valence-corrected chi connectivity index (χ3v) is 11.6. The highest BCUT2D eigenvalue weighted by Gasteiger charge is 2.49. The maximum atomic E-state index is 8.96. The Hall–Kier alpha value is -6.44. The van der Waals surface area contributed by atoms with Gasteiger partial charge >= 0.3 is 0 Å². The Kier molecular flexibility index (Phi) is 5.25. The highest BCUT2D eigenvalue weighted by molar-refractivity contribution is 6.04. The van der Waals surface area contributed by atoms with Gasteiger partial charge in [-0.05, 0) is 116 Å². The molecule has 250 valence electrons. The van der Waals surface area contributed by atoms with E-state index in [1.807, 2.05) is 36.4 Å². The molecule has 0 fully saturated rings. The van der Waals surface area contributed by atoms with Crippen molar-refractivity contribution < 1.29 is 13.0 Å². The number of aryl methyl sites for hydroxylation is 2. The maximum Gasteiger partial charge on any atom is 0.140 e. The molecule has 0 radical (unpaired) electrons. The minimum absolute atomic E-state index is 0.150. The summed E-state index contributed by atoms with van der Waals surface area (Å²) in [7, 11) is 0. The van der Waals surface area contributed by atoms with Crippen LogP contribution >= 0.6 is 0 Å². The van der Waals surface area contributed by atoms with E-state index in [2.05, 4.69) is 115 Å². The summed E-state index contributed by atoms with van der Waals surface area (Å²) in [4.78, 5) is 0. The molecular weight excluding hydrogens is 641 g/mol. The largest absolute Gasteiger partial charge is 0.456 e. The number of ether oxygens (including phenoxy) is 1. The van der Waals surface area contributed by atoms with Crippen LogP contribution in [0.4, 0.5) is 0 Å². The zero-order chi connectivity index (χ0) is 40.3. The maximum absolute atomic E-state index is 8.96. The van der Waals surface area contributed by atoms with Crippen LogP contribution in [0.25, 0.3) is 55.6 Å². The average Bonchev–Trinajstić information content (AvgIpc) is 3.24. The average molecular weight is 683 g/mol. The van der Waals surface area contributed by atoms with Crippen LogP contribution in [0.5, 0.6) is 11.5 Å². The predicted octanol–water partition coefficient (Wildman–Crippen LogP) is 13.3. The molecule has 1 spiro atoms. The highest BCUT2D eigenvalue weighted by atomic mass is 16.5. The van der Waals surface area contributed by atoms with Gasteiger partial charge < -0.3 is 4.74 Å². The zero-order valence-corrected chi connectivity index (χ0v) is 28.8. The number of benzene rings is 8. The molecule has 1 nitrogen and oxygen atoms in total. The van der Waals surface area contributed by atoms with Crippen LogP contribution in [0.2, 0.25) is 0 Å². The van der Waals surface area contributed by atoms with Crippen molar-refractivity contribution in [2.24, 2.45) is 0 Å². The first-order valence-corrected chi connectivity index (χ1v) is 18.1. The third kappa shape index (κ3) is 4.19. The smallest absolute Gasteiger partial charge is 0.140 e. The number of fused-ring (bicyclic) bond motifs is 16. The van der Waals surface area contributed by atoms with Gasteiger partial charge in [0, 0.05) is 24.9 Å². The summed E-state index contributed by atoms with van der Waals surface area (Å²) in [5, 5.41) is 0. The molecule has 8 aromatic carbocycles. The standard InChI is InChI=1S/C52H36O/c1-32-23-27-47-49(29-32)53-51-48(52(47)45-21-11-3-13-34(45)30-35-14-4-12-22-46(35)52)28-24-33(2)50(51)36-25-26-43-41-19-8-7-17-39(41)37-15-5-6-16-38(37)40-18-9-10-20-42(40)44(43)31-36/h3-29,31H,30H2,1-2H3/i1D3,2D3.